The first-order chi connectivity index (χ1) is 19.1. The number of rotatable bonds is 14. The van der Waals surface area contributed by atoms with Crippen LogP contribution >= 0.6 is 27.7 Å². The third-order valence-corrected chi connectivity index (χ3v) is 8.18. The summed E-state index contributed by atoms with van der Waals surface area (Å²) in [6.45, 7) is 2.87. The average molecular weight is 616 g/mol. The Bertz CT molecular complexity index is 1140. The van der Waals surface area contributed by atoms with Crippen LogP contribution in [-0.4, -0.2) is 57.9 Å². The molecule has 3 aromatic carbocycles. The van der Waals surface area contributed by atoms with Crippen LogP contribution in [0.15, 0.2) is 91.0 Å². The van der Waals surface area contributed by atoms with E-state index in [1.165, 1.54) is 0 Å². The summed E-state index contributed by atoms with van der Waals surface area (Å²) < 4.78 is 25.2. The van der Waals surface area contributed by atoms with Crippen LogP contribution in [0.3, 0.4) is 0 Å². The molecule has 1 aliphatic rings. The molecule has 4 rings (SSSR count). The number of carbonyl (C=O) groups is 1. The molecule has 39 heavy (non-hydrogen) atoms. The van der Waals surface area contributed by atoms with Gasteiger partial charge in [0.2, 0.25) is 0 Å². The van der Waals surface area contributed by atoms with E-state index >= 15 is 0 Å². The summed E-state index contributed by atoms with van der Waals surface area (Å²) in [6.07, 6.45) is -2.65. The first-order valence-electron chi connectivity index (χ1n) is 13.1. The van der Waals surface area contributed by atoms with Crippen LogP contribution in [0.4, 0.5) is 0 Å². The molecule has 0 amide bonds. The molecule has 0 saturated carbocycles. The third kappa shape index (κ3) is 7.79. The van der Waals surface area contributed by atoms with Crippen molar-refractivity contribution in [1.29, 1.82) is 0 Å². The molecule has 208 valence electrons. The molecule has 0 aliphatic carbocycles. The van der Waals surface area contributed by atoms with E-state index in [9.17, 15) is 9.90 Å². The van der Waals surface area contributed by atoms with Crippen molar-refractivity contribution in [3.63, 3.8) is 0 Å². The van der Waals surface area contributed by atoms with E-state index in [4.69, 9.17) is 18.9 Å². The van der Waals surface area contributed by atoms with Gasteiger partial charge in [0, 0.05) is 0 Å². The summed E-state index contributed by atoms with van der Waals surface area (Å²) >= 11 is 4.83. The van der Waals surface area contributed by atoms with E-state index < -0.39 is 35.1 Å². The van der Waals surface area contributed by atoms with E-state index in [0.29, 0.717) is 6.61 Å². The predicted octanol–water partition coefficient (Wildman–Crippen LogP) is 5.55. The summed E-state index contributed by atoms with van der Waals surface area (Å²) in [4.78, 5) is 13.5. The Labute approximate surface area is 243 Å². The van der Waals surface area contributed by atoms with E-state index in [1.807, 2.05) is 97.9 Å². The number of ether oxygens (including phenoxy) is 4. The van der Waals surface area contributed by atoms with Crippen molar-refractivity contribution >= 4 is 33.5 Å². The minimum absolute atomic E-state index is 0.0154. The van der Waals surface area contributed by atoms with Gasteiger partial charge in [0.15, 0.2) is 11.4 Å². The quantitative estimate of drug-likeness (QED) is 0.239. The first-order valence-corrected chi connectivity index (χ1v) is 15.2. The minimum Gasteiger partial charge on any atom is -0.377 e. The number of alkyl halides is 1. The molecule has 1 N–H and O–H groups in total. The van der Waals surface area contributed by atoms with E-state index in [-0.39, 0.29) is 25.2 Å². The van der Waals surface area contributed by atoms with Gasteiger partial charge in [-0.25, -0.2) is 0 Å². The number of carbonyl (C=O) groups excluding carboxylic acids is 1. The summed E-state index contributed by atoms with van der Waals surface area (Å²) in [5.41, 5.74) is 0.415. The molecular formula is C31H35BrO6S. The molecule has 1 aliphatic heterocycles. The number of halogens is 1. The fourth-order valence-corrected chi connectivity index (χ4v) is 6.00. The molecule has 1 heterocycles. The molecular weight excluding hydrogens is 580 g/mol. The minimum atomic E-state index is -2.00. The fourth-order valence-electron chi connectivity index (χ4n) is 4.60. The molecule has 0 radical (unpaired) electrons. The van der Waals surface area contributed by atoms with Gasteiger partial charge in [0.25, 0.3) is 0 Å². The van der Waals surface area contributed by atoms with Crippen molar-refractivity contribution < 1.29 is 28.8 Å². The Morgan fingerprint density at radius 1 is 0.872 bits per heavy atom. The Morgan fingerprint density at radius 2 is 1.38 bits per heavy atom. The highest BCUT2D eigenvalue weighted by atomic mass is 79.9. The zero-order chi connectivity index (χ0) is 27.5. The topological polar surface area (TPSA) is 74.2 Å². The van der Waals surface area contributed by atoms with Crippen LogP contribution in [0.5, 0.6) is 0 Å². The van der Waals surface area contributed by atoms with Gasteiger partial charge in [-0.15, -0.1) is 11.8 Å². The number of hydrogen-bond donors (Lipinski definition) is 1. The molecule has 1 saturated heterocycles. The van der Waals surface area contributed by atoms with Gasteiger partial charge in [0.05, 0.1) is 31.8 Å². The van der Waals surface area contributed by atoms with Gasteiger partial charge in [-0.1, -0.05) is 114 Å². The number of aliphatic hydroxyl groups is 1. The highest BCUT2D eigenvalue weighted by molar-refractivity contribution is 9.09. The lowest BCUT2D eigenvalue weighted by atomic mass is 9.81. The van der Waals surface area contributed by atoms with E-state index in [2.05, 4.69) is 15.9 Å². The second kappa shape index (κ2) is 15.1. The van der Waals surface area contributed by atoms with Crippen molar-refractivity contribution in [2.24, 2.45) is 0 Å². The van der Waals surface area contributed by atoms with Crippen LogP contribution in [0.2, 0.25) is 0 Å². The van der Waals surface area contributed by atoms with Crippen molar-refractivity contribution in [1.82, 2.24) is 0 Å². The number of hydrogen-bond acceptors (Lipinski definition) is 7. The molecule has 5 atom stereocenters. The van der Waals surface area contributed by atoms with Gasteiger partial charge in [-0.3, -0.25) is 4.79 Å². The summed E-state index contributed by atoms with van der Waals surface area (Å²) in [5, 5.41) is 12.1. The van der Waals surface area contributed by atoms with Crippen molar-refractivity contribution in [2.45, 2.75) is 56.1 Å². The smallest absolute Gasteiger partial charge is 0.181 e. The summed E-state index contributed by atoms with van der Waals surface area (Å²) in [5.74, 6) is 0.311. The van der Waals surface area contributed by atoms with Gasteiger partial charge >= 0.3 is 0 Å². The van der Waals surface area contributed by atoms with Crippen LogP contribution in [0.1, 0.15) is 23.6 Å². The molecule has 3 aromatic rings. The molecule has 8 heteroatoms. The standard InChI is InChI=1S/C31H35BrO6S/c1-2-39-30-28(36-20-24-14-8-4-9-15-24)29(37-21-25-16-10-5-11-17-25)31(34,26(33)18-32)27(38-30)22-35-19-23-12-6-3-7-13-23/h3-17,27-30,34H,2,18-22H2,1H3/t27-,28-,29-,30?,31+/m1/s1. The van der Waals surface area contributed by atoms with Gasteiger partial charge in [-0.05, 0) is 22.4 Å². The Balaban J connectivity index is 1.63. The Hall–Kier alpha value is -2.04. The lowest BCUT2D eigenvalue weighted by Gasteiger charge is -2.50. The Morgan fingerprint density at radius 3 is 1.90 bits per heavy atom. The van der Waals surface area contributed by atoms with Crippen molar-refractivity contribution in [3.8, 4) is 0 Å². The zero-order valence-electron chi connectivity index (χ0n) is 22.0. The van der Waals surface area contributed by atoms with Crippen LogP contribution in [0.25, 0.3) is 0 Å². The molecule has 0 spiro atoms. The number of ketones is 1. The van der Waals surface area contributed by atoms with Crippen LogP contribution in [0, 0.1) is 0 Å². The lowest BCUT2D eigenvalue weighted by molar-refractivity contribution is -0.274. The highest BCUT2D eigenvalue weighted by Gasteiger charge is 2.60. The number of Topliss-reactive ketones (excluding diaryl/α,β-unsaturated/α-hetero) is 1. The van der Waals surface area contributed by atoms with E-state index in [0.717, 1.165) is 22.4 Å². The highest BCUT2D eigenvalue weighted by Crippen LogP contribution is 2.40. The lowest BCUT2D eigenvalue weighted by Crippen LogP contribution is -2.71. The van der Waals surface area contributed by atoms with Crippen molar-refractivity contribution in [3.05, 3.63) is 108 Å². The maximum atomic E-state index is 13.5. The first kappa shape index (κ1) is 29.9. The van der Waals surface area contributed by atoms with Gasteiger partial charge < -0.3 is 24.1 Å². The number of thioether (sulfide) groups is 1. The average Bonchev–Trinajstić information content (AvgIpc) is 2.98. The fraction of sp³-hybridized carbons (Fsp3) is 0.387. The van der Waals surface area contributed by atoms with Gasteiger partial charge in [0.1, 0.15) is 23.7 Å². The monoisotopic (exact) mass is 614 g/mol. The Kier molecular flexibility index (Phi) is 11.6. The molecule has 0 aromatic heterocycles. The largest absolute Gasteiger partial charge is 0.377 e. The third-order valence-electron chi connectivity index (χ3n) is 6.63. The SMILES string of the molecule is CCSC1O[C@H](COCc2ccccc2)[C@@](O)(C(=O)CBr)[C@H](OCc2ccccc2)[C@H]1OCc1ccccc1. The van der Waals surface area contributed by atoms with Crippen molar-refractivity contribution in [2.75, 3.05) is 17.7 Å². The maximum absolute atomic E-state index is 13.5. The molecule has 6 nitrogen and oxygen atoms in total. The maximum Gasteiger partial charge on any atom is 0.181 e. The van der Waals surface area contributed by atoms with Crippen LogP contribution in [-0.2, 0) is 43.6 Å². The van der Waals surface area contributed by atoms with Crippen LogP contribution < -0.4 is 0 Å². The van der Waals surface area contributed by atoms with Gasteiger partial charge in [-0.2, -0.15) is 0 Å². The summed E-state index contributed by atoms with van der Waals surface area (Å²) in [6, 6.07) is 29.2. The summed E-state index contributed by atoms with van der Waals surface area (Å²) in [7, 11) is 0. The zero-order valence-corrected chi connectivity index (χ0v) is 24.4. The predicted molar refractivity (Wildman–Crippen MR) is 157 cm³/mol. The second-order valence-electron chi connectivity index (χ2n) is 9.31. The number of benzene rings is 3. The molecule has 0 bridgehead atoms. The normalized spacial score (nSPS) is 24.9. The second-order valence-corrected chi connectivity index (χ2v) is 11.2. The molecule has 1 fully saturated rings. The van der Waals surface area contributed by atoms with E-state index in [1.54, 1.807) is 11.8 Å². The molecule has 1 unspecified atom stereocenters.